The van der Waals surface area contributed by atoms with Crippen molar-refractivity contribution in [3.05, 3.63) is 72.9 Å². The maximum atomic E-state index is 12.4. The van der Waals surface area contributed by atoms with Gasteiger partial charge in [0.25, 0.3) is 0 Å². The highest BCUT2D eigenvalue weighted by molar-refractivity contribution is 7.46. The third kappa shape index (κ3) is 44.1. The Morgan fingerprint density at radius 1 is 0.491 bits per heavy atom. The largest absolute Gasteiger partial charge is 0.469 e. The standard InChI is InChI=1S/C46H79O8P/c1-3-5-7-9-11-13-15-17-19-21-23-25-27-29-31-33-35-37-39-41-46(48)54-44(43-53-55(49,50)51)42-52-45(47)40-38-36-34-32-30-28-26-24-22-20-18-16-14-12-10-8-6-4-2/h5,7,11,13,17,19,23,25,29,31,35,37,44H,3-4,6,8-10,12,14-16,18,20-22,24,26-28,30,32-34,36,38-43H2,1-2H3,(H2,49,50,51)/b7-5+,13-11+,19-17+,25-23+,31-29+,37-35+/t44-/m1/s1. The first-order valence-corrected chi connectivity index (χ1v) is 23.3. The Hall–Kier alpha value is -2.51. The average molecular weight is 791 g/mol. The fourth-order valence-electron chi connectivity index (χ4n) is 5.81. The summed E-state index contributed by atoms with van der Waals surface area (Å²) in [7, 11) is -4.78. The summed E-state index contributed by atoms with van der Waals surface area (Å²) >= 11 is 0. The van der Waals surface area contributed by atoms with E-state index in [1.54, 1.807) is 0 Å². The minimum Gasteiger partial charge on any atom is -0.462 e. The van der Waals surface area contributed by atoms with Crippen LogP contribution in [-0.4, -0.2) is 41.0 Å². The Balaban J connectivity index is 4.02. The van der Waals surface area contributed by atoms with Crippen molar-refractivity contribution in [1.82, 2.24) is 0 Å². The second-order valence-electron chi connectivity index (χ2n) is 14.3. The van der Waals surface area contributed by atoms with E-state index in [9.17, 15) is 14.2 Å². The molecular weight excluding hydrogens is 711 g/mol. The molecule has 0 aromatic rings. The molecule has 0 rings (SSSR count). The summed E-state index contributed by atoms with van der Waals surface area (Å²) in [5.74, 6) is -0.981. The molecule has 0 aliphatic carbocycles. The van der Waals surface area contributed by atoms with E-state index in [1.165, 1.54) is 96.3 Å². The molecule has 1 atom stereocenters. The lowest BCUT2D eigenvalue weighted by atomic mass is 10.0. The van der Waals surface area contributed by atoms with Crippen molar-refractivity contribution in [2.75, 3.05) is 13.2 Å². The van der Waals surface area contributed by atoms with Crippen LogP contribution in [0.25, 0.3) is 0 Å². The smallest absolute Gasteiger partial charge is 0.462 e. The van der Waals surface area contributed by atoms with Crippen LogP contribution in [0.5, 0.6) is 0 Å². The Bertz CT molecular complexity index is 1120. The second kappa shape index (κ2) is 41.1. The number of hydrogen-bond acceptors (Lipinski definition) is 6. The van der Waals surface area contributed by atoms with Crippen molar-refractivity contribution < 1.29 is 37.9 Å². The molecule has 0 unspecified atom stereocenters. The number of unbranched alkanes of at least 4 members (excludes halogenated alkanes) is 17. The van der Waals surface area contributed by atoms with Gasteiger partial charge in [-0.2, -0.15) is 0 Å². The maximum Gasteiger partial charge on any atom is 0.469 e. The van der Waals surface area contributed by atoms with Crippen molar-refractivity contribution in [1.29, 1.82) is 0 Å². The molecule has 0 aliphatic heterocycles. The summed E-state index contributed by atoms with van der Waals surface area (Å²) in [6.07, 6.45) is 53.5. The number of allylic oxidation sites excluding steroid dienone is 12. The SMILES string of the molecule is CC/C=C/C/C=C/C/C=C/C/C=C/C/C=C/C/C=C/CCC(=O)O[C@H](COC(=O)CCCCCCCCCCCCCCCCCCCC)COP(=O)(O)O. The van der Waals surface area contributed by atoms with Gasteiger partial charge in [0, 0.05) is 12.8 Å². The zero-order valence-electron chi connectivity index (χ0n) is 34.8. The minimum absolute atomic E-state index is 0.0852. The van der Waals surface area contributed by atoms with Crippen LogP contribution in [0.1, 0.15) is 187 Å². The molecule has 0 spiro atoms. The van der Waals surface area contributed by atoms with Crippen LogP contribution in [0.15, 0.2) is 72.9 Å². The predicted octanol–water partition coefficient (Wildman–Crippen LogP) is 13.5. The summed E-state index contributed by atoms with van der Waals surface area (Å²) in [5, 5.41) is 0. The summed E-state index contributed by atoms with van der Waals surface area (Å²) in [6.45, 7) is 3.52. The van der Waals surface area contributed by atoms with Crippen molar-refractivity contribution >= 4 is 19.8 Å². The van der Waals surface area contributed by atoms with Crippen LogP contribution in [0.2, 0.25) is 0 Å². The van der Waals surface area contributed by atoms with E-state index >= 15 is 0 Å². The van der Waals surface area contributed by atoms with Gasteiger partial charge in [-0.3, -0.25) is 14.1 Å². The Morgan fingerprint density at radius 3 is 1.27 bits per heavy atom. The highest BCUT2D eigenvalue weighted by Crippen LogP contribution is 2.36. The van der Waals surface area contributed by atoms with Crippen molar-refractivity contribution in [3.63, 3.8) is 0 Å². The third-order valence-corrected chi connectivity index (χ3v) is 9.49. The third-order valence-electron chi connectivity index (χ3n) is 9.00. The van der Waals surface area contributed by atoms with Crippen LogP contribution in [0.4, 0.5) is 0 Å². The molecule has 0 saturated heterocycles. The topological polar surface area (TPSA) is 119 Å². The average Bonchev–Trinajstić information content (AvgIpc) is 3.16. The molecule has 0 aliphatic rings. The normalized spacial score (nSPS) is 13.2. The zero-order chi connectivity index (χ0) is 40.3. The predicted molar refractivity (Wildman–Crippen MR) is 230 cm³/mol. The van der Waals surface area contributed by atoms with E-state index in [0.717, 1.165) is 51.4 Å². The van der Waals surface area contributed by atoms with Gasteiger partial charge in [0.1, 0.15) is 6.61 Å². The van der Waals surface area contributed by atoms with E-state index in [0.29, 0.717) is 12.8 Å². The van der Waals surface area contributed by atoms with E-state index in [2.05, 4.69) is 79.1 Å². The molecule has 316 valence electrons. The Kier molecular flexibility index (Phi) is 39.3. The van der Waals surface area contributed by atoms with Crippen LogP contribution < -0.4 is 0 Å². The van der Waals surface area contributed by atoms with Crippen molar-refractivity contribution in [2.45, 2.75) is 193 Å². The molecule has 0 fully saturated rings. The van der Waals surface area contributed by atoms with Gasteiger partial charge in [-0.25, -0.2) is 4.57 Å². The van der Waals surface area contributed by atoms with Gasteiger partial charge in [0.15, 0.2) is 6.10 Å². The molecule has 0 amide bonds. The van der Waals surface area contributed by atoms with E-state index in [4.69, 9.17) is 19.3 Å². The summed E-state index contributed by atoms with van der Waals surface area (Å²) in [4.78, 5) is 42.9. The molecule has 8 nitrogen and oxygen atoms in total. The molecule has 0 bridgehead atoms. The zero-order valence-corrected chi connectivity index (χ0v) is 35.7. The van der Waals surface area contributed by atoms with E-state index < -0.39 is 32.5 Å². The second-order valence-corrected chi connectivity index (χ2v) is 15.5. The molecule has 0 aromatic carbocycles. The molecule has 0 saturated carbocycles. The van der Waals surface area contributed by atoms with Gasteiger partial charge < -0.3 is 19.3 Å². The van der Waals surface area contributed by atoms with Crippen LogP contribution in [0.3, 0.4) is 0 Å². The number of ether oxygens (including phenoxy) is 2. The molecule has 9 heteroatoms. The monoisotopic (exact) mass is 791 g/mol. The summed E-state index contributed by atoms with van der Waals surface area (Å²) < 4.78 is 26.3. The van der Waals surface area contributed by atoms with Gasteiger partial charge in [0.05, 0.1) is 6.61 Å². The number of phosphoric ester groups is 1. The molecule has 0 radical (unpaired) electrons. The van der Waals surface area contributed by atoms with Crippen molar-refractivity contribution in [3.8, 4) is 0 Å². The number of phosphoric acid groups is 1. The van der Waals surface area contributed by atoms with E-state index in [1.807, 2.05) is 12.2 Å². The first kappa shape index (κ1) is 52.5. The van der Waals surface area contributed by atoms with Gasteiger partial charge in [-0.05, 0) is 51.4 Å². The fourth-order valence-corrected chi connectivity index (χ4v) is 6.17. The number of hydrogen-bond donors (Lipinski definition) is 2. The summed E-state index contributed by atoms with van der Waals surface area (Å²) in [5.41, 5.74) is 0. The molecule has 55 heavy (non-hydrogen) atoms. The molecule has 2 N–H and O–H groups in total. The van der Waals surface area contributed by atoms with Crippen LogP contribution in [-0.2, 0) is 28.2 Å². The Labute approximate surface area is 336 Å². The lowest BCUT2D eigenvalue weighted by molar-refractivity contribution is -0.161. The number of carbonyl (C=O) groups excluding carboxylic acids is 2. The summed E-state index contributed by atoms with van der Waals surface area (Å²) in [6, 6.07) is 0. The Morgan fingerprint density at radius 2 is 0.873 bits per heavy atom. The van der Waals surface area contributed by atoms with Crippen LogP contribution >= 0.6 is 7.82 Å². The van der Waals surface area contributed by atoms with Gasteiger partial charge in [-0.15, -0.1) is 0 Å². The molecule has 0 heterocycles. The number of rotatable bonds is 39. The first-order valence-electron chi connectivity index (χ1n) is 21.7. The van der Waals surface area contributed by atoms with Gasteiger partial charge in [-0.1, -0.05) is 196 Å². The van der Waals surface area contributed by atoms with Gasteiger partial charge in [0.2, 0.25) is 0 Å². The van der Waals surface area contributed by atoms with Crippen LogP contribution in [0, 0.1) is 0 Å². The number of carbonyl (C=O) groups is 2. The quantitative estimate of drug-likeness (QED) is 0.0273. The minimum atomic E-state index is -4.78. The highest BCUT2D eigenvalue weighted by Gasteiger charge is 2.22. The lowest BCUT2D eigenvalue weighted by Gasteiger charge is -2.18. The first-order chi connectivity index (χ1) is 26.8. The maximum absolute atomic E-state index is 12.4. The van der Waals surface area contributed by atoms with Gasteiger partial charge >= 0.3 is 19.8 Å². The highest BCUT2D eigenvalue weighted by atomic mass is 31.2. The molecular formula is C46H79O8P. The van der Waals surface area contributed by atoms with E-state index in [-0.39, 0.29) is 19.4 Å². The molecule has 0 aromatic heterocycles. The number of esters is 2. The lowest BCUT2D eigenvalue weighted by Crippen LogP contribution is -2.29. The fraction of sp³-hybridized carbons (Fsp3) is 0.696. The van der Waals surface area contributed by atoms with Crippen molar-refractivity contribution in [2.24, 2.45) is 0 Å².